The third kappa shape index (κ3) is 3.83. The summed E-state index contributed by atoms with van der Waals surface area (Å²) in [5.41, 5.74) is 0.656. The van der Waals surface area contributed by atoms with Crippen LogP contribution in [-0.4, -0.2) is 12.5 Å². The van der Waals surface area contributed by atoms with Crippen molar-refractivity contribution in [3.63, 3.8) is 0 Å². The summed E-state index contributed by atoms with van der Waals surface area (Å²) in [5, 5.41) is 5.10. The maximum Gasteiger partial charge on any atom is 0.252 e. The lowest BCUT2D eigenvalue weighted by molar-refractivity contribution is 0.0945. The van der Waals surface area contributed by atoms with E-state index in [0.717, 1.165) is 8.04 Å². The van der Waals surface area contributed by atoms with Crippen molar-refractivity contribution in [3.8, 4) is 0 Å². The molecule has 0 fully saturated rings. The Labute approximate surface area is 145 Å². The van der Waals surface area contributed by atoms with Gasteiger partial charge in [0.2, 0.25) is 0 Å². The number of hydrogen-bond donors (Lipinski definition) is 1. The van der Waals surface area contributed by atoms with Crippen molar-refractivity contribution < 1.29 is 4.79 Å². The van der Waals surface area contributed by atoms with E-state index >= 15 is 0 Å². The van der Waals surface area contributed by atoms with Crippen molar-refractivity contribution >= 4 is 55.8 Å². The first-order valence-corrected chi connectivity index (χ1v) is 8.92. The van der Waals surface area contributed by atoms with Crippen LogP contribution < -0.4 is 5.32 Å². The lowest BCUT2D eigenvalue weighted by Gasteiger charge is -2.23. The van der Waals surface area contributed by atoms with Crippen LogP contribution in [0.2, 0.25) is 0 Å². The largest absolute Gasteiger partial charge is 0.351 e. The lowest BCUT2D eigenvalue weighted by Crippen LogP contribution is -2.36. The monoisotopic (exact) mass is 463 g/mol. The Bertz CT molecular complexity index is 610. The minimum Gasteiger partial charge on any atom is -0.351 e. The predicted molar refractivity (Wildman–Crippen MR) is 96.5 cm³/mol. The molecule has 0 aliphatic rings. The maximum atomic E-state index is 12.3. The van der Waals surface area contributed by atoms with Gasteiger partial charge in [-0.2, -0.15) is 0 Å². The Hall–Kier alpha value is -0.400. The van der Waals surface area contributed by atoms with Gasteiger partial charge in [0.05, 0.1) is 5.56 Å². The fourth-order valence-electron chi connectivity index (χ4n) is 1.82. The molecule has 1 aromatic carbocycles. The Morgan fingerprint density at radius 1 is 1.40 bits per heavy atom. The van der Waals surface area contributed by atoms with Gasteiger partial charge in [0.25, 0.3) is 5.91 Å². The Kier molecular flexibility index (Phi) is 5.25. The minimum atomic E-state index is -0.0543. The van der Waals surface area contributed by atoms with E-state index in [1.807, 2.05) is 24.3 Å². The van der Waals surface area contributed by atoms with Crippen LogP contribution in [0.3, 0.4) is 0 Å². The second-order valence-corrected chi connectivity index (χ2v) is 8.19. The second-order valence-electron chi connectivity index (χ2n) is 5.17. The highest BCUT2D eigenvalue weighted by atomic mass is 127. The number of rotatable bonds is 4. The molecule has 0 bridgehead atoms. The standard InChI is InChI=1S/C15H15BrINOS/c1-15(2,13-4-3-7-20-13)9-18-14(19)11-8-10(16)5-6-12(11)17/h3-8H,9H2,1-2H3,(H,18,19). The Morgan fingerprint density at radius 3 is 2.80 bits per heavy atom. The van der Waals surface area contributed by atoms with E-state index in [1.54, 1.807) is 11.3 Å². The summed E-state index contributed by atoms with van der Waals surface area (Å²) in [7, 11) is 0. The third-order valence-electron chi connectivity index (χ3n) is 3.05. The van der Waals surface area contributed by atoms with Crippen LogP contribution in [-0.2, 0) is 5.41 Å². The topological polar surface area (TPSA) is 29.1 Å². The van der Waals surface area contributed by atoms with E-state index in [-0.39, 0.29) is 11.3 Å². The van der Waals surface area contributed by atoms with Crippen LogP contribution in [0.1, 0.15) is 29.1 Å². The number of thiophene rings is 1. The first-order valence-electron chi connectivity index (χ1n) is 6.17. The summed E-state index contributed by atoms with van der Waals surface area (Å²) in [5.74, 6) is -0.0275. The van der Waals surface area contributed by atoms with Gasteiger partial charge < -0.3 is 5.32 Å². The van der Waals surface area contributed by atoms with Gasteiger partial charge in [0, 0.05) is 24.9 Å². The molecular weight excluding hydrogens is 449 g/mol. The first-order chi connectivity index (χ1) is 9.40. The number of halogens is 2. The summed E-state index contributed by atoms with van der Waals surface area (Å²) in [6.07, 6.45) is 0. The molecule has 1 N–H and O–H groups in total. The van der Waals surface area contributed by atoms with E-state index in [9.17, 15) is 4.79 Å². The summed E-state index contributed by atoms with van der Waals surface area (Å²) >= 11 is 7.31. The number of carbonyl (C=O) groups is 1. The van der Waals surface area contributed by atoms with Crippen molar-refractivity contribution in [2.45, 2.75) is 19.3 Å². The van der Waals surface area contributed by atoms with E-state index in [1.165, 1.54) is 4.88 Å². The highest BCUT2D eigenvalue weighted by Gasteiger charge is 2.23. The van der Waals surface area contributed by atoms with Gasteiger partial charge in [-0.1, -0.05) is 35.8 Å². The SMILES string of the molecule is CC(C)(CNC(=O)c1cc(Br)ccc1I)c1cccs1. The molecule has 0 radical (unpaired) electrons. The zero-order valence-corrected chi connectivity index (χ0v) is 15.8. The fraction of sp³-hybridized carbons (Fsp3) is 0.267. The molecule has 0 aliphatic carbocycles. The zero-order chi connectivity index (χ0) is 14.8. The van der Waals surface area contributed by atoms with Crippen LogP contribution >= 0.6 is 49.9 Å². The van der Waals surface area contributed by atoms with Crippen molar-refractivity contribution in [2.75, 3.05) is 6.54 Å². The molecule has 0 aliphatic heterocycles. The molecule has 1 heterocycles. The summed E-state index contributed by atoms with van der Waals surface area (Å²) < 4.78 is 1.87. The van der Waals surface area contributed by atoms with Crippen LogP contribution in [0.25, 0.3) is 0 Å². The smallest absolute Gasteiger partial charge is 0.252 e. The molecule has 0 unspecified atom stereocenters. The van der Waals surface area contributed by atoms with Gasteiger partial charge in [0.1, 0.15) is 0 Å². The van der Waals surface area contributed by atoms with Crippen LogP contribution in [0, 0.1) is 3.57 Å². The minimum absolute atomic E-state index is 0.0275. The summed E-state index contributed by atoms with van der Waals surface area (Å²) in [6, 6.07) is 9.88. The number of hydrogen-bond acceptors (Lipinski definition) is 2. The van der Waals surface area contributed by atoms with Gasteiger partial charge in [-0.25, -0.2) is 0 Å². The summed E-state index contributed by atoms with van der Waals surface area (Å²) in [4.78, 5) is 13.6. The average molecular weight is 464 g/mol. The Balaban J connectivity index is 2.07. The normalized spacial score (nSPS) is 11.4. The second kappa shape index (κ2) is 6.58. The molecular formula is C15H15BrINOS. The van der Waals surface area contributed by atoms with Crippen LogP contribution in [0.4, 0.5) is 0 Å². The van der Waals surface area contributed by atoms with Crippen molar-refractivity contribution in [2.24, 2.45) is 0 Å². The van der Waals surface area contributed by atoms with E-state index in [0.29, 0.717) is 12.1 Å². The van der Waals surface area contributed by atoms with Crippen LogP contribution in [0.15, 0.2) is 40.2 Å². The molecule has 2 rings (SSSR count). The number of carbonyl (C=O) groups excluding carboxylic acids is 1. The van der Waals surface area contributed by atoms with Gasteiger partial charge >= 0.3 is 0 Å². The highest BCUT2D eigenvalue weighted by molar-refractivity contribution is 14.1. The number of benzene rings is 1. The fourth-order valence-corrected chi connectivity index (χ4v) is 3.61. The third-order valence-corrected chi connectivity index (χ3v) is 5.72. The van der Waals surface area contributed by atoms with Gasteiger partial charge in [-0.15, -0.1) is 11.3 Å². The van der Waals surface area contributed by atoms with E-state index in [2.05, 4.69) is 69.1 Å². The summed E-state index contributed by atoms with van der Waals surface area (Å²) in [6.45, 7) is 4.91. The molecule has 106 valence electrons. The van der Waals surface area contributed by atoms with Gasteiger partial charge in [-0.05, 0) is 52.2 Å². The van der Waals surface area contributed by atoms with Crippen LogP contribution in [0.5, 0.6) is 0 Å². The van der Waals surface area contributed by atoms with Crippen molar-refractivity contribution in [1.82, 2.24) is 5.32 Å². The quantitative estimate of drug-likeness (QED) is 0.647. The molecule has 0 spiro atoms. The molecule has 2 nitrogen and oxygen atoms in total. The molecule has 1 aromatic heterocycles. The highest BCUT2D eigenvalue weighted by Crippen LogP contribution is 2.27. The molecule has 5 heteroatoms. The number of nitrogens with one attached hydrogen (secondary N) is 1. The maximum absolute atomic E-state index is 12.3. The average Bonchev–Trinajstić information content (AvgIpc) is 2.93. The van der Waals surface area contributed by atoms with Crippen molar-refractivity contribution in [3.05, 3.63) is 54.2 Å². The lowest BCUT2D eigenvalue weighted by atomic mass is 9.91. The molecule has 0 saturated heterocycles. The predicted octanol–water partition coefficient (Wildman–Crippen LogP) is 4.82. The van der Waals surface area contributed by atoms with Gasteiger partial charge in [-0.3, -0.25) is 4.79 Å². The Morgan fingerprint density at radius 2 is 2.15 bits per heavy atom. The molecule has 0 saturated carbocycles. The zero-order valence-electron chi connectivity index (χ0n) is 11.2. The molecule has 1 amide bonds. The molecule has 2 aromatic rings. The van der Waals surface area contributed by atoms with Crippen molar-refractivity contribution in [1.29, 1.82) is 0 Å². The molecule has 0 atom stereocenters. The van der Waals surface area contributed by atoms with Gasteiger partial charge in [0.15, 0.2) is 0 Å². The van der Waals surface area contributed by atoms with E-state index < -0.39 is 0 Å². The number of amides is 1. The molecule has 20 heavy (non-hydrogen) atoms. The van der Waals surface area contributed by atoms with E-state index in [4.69, 9.17) is 0 Å². The first kappa shape index (κ1) is 16.0.